The highest BCUT2D eigenvalue weighted by atomic mass is 35.5. The molecule has 5 rings (SSSR count). The lowest BCUT2D eigenvalue weighted by Crippen LogP contribution is -2.26. The second-order valence-corrected chi connectivity index (χ2v) is 7.59. The fourth-order valence-corrected chi connectivity index (χ4v) is 3.67. The fraction of sp³-hybridized carbons (Fsp3) is 0.0417. The minimum Gasteiger partial charge on any atom is -0.456 e. The fourth-order valence-electron chi connectivity index (χ4n) is 3.54. The molecular weight excluding hydrogens is 414 g/mol. The first-order chi connectivity index (χ1) is 15.0. The van der Waals surface area contributed by atoms with E-state index in [-0.39, 0.29) is 5.69 Å². The third-order valence-electron chi connectivity index (χ3n) is 5.03. The maximum atomic E-state index is 12.9. The molecule has 0 aliphatic carbocycles. The number of hydrogen-bond donors (Lipinski definition) is 1. The summed E-state index contributed by atoms with van der Waals surface area (Å²) in [5, 5.41) is 9.49. The molecule has 31 heavy (non-hydrogen) atoms. The van der Waals surface area contributed by atoms with E-state index in [1.807, 2.05) is 30.3 Å². The van der Waals surface area contributed by atoms with Gasteiger partial charge >= 0.3 is 0 Å². The van der Waals surface area contributed by atoms with Crippen LogP contribution in [0.3, 0.4) is 0 Å². The second kappa shape index (κ2) is 7.41. The highest BCUT2D eigenvalue weighted by molar-refractivity contribution is 6.30. The van der Waals surface area contributed by atoms with Crippen LogP contribution in [0, 0.1) is 6.92 Å². The van der Waals surface area contributed by atoms with Crippen molar-refractivity contribution in [1.82, 2.24) is 9.78 Å². The van der Waals surface area contributed by atoms with E-state index in [1.165, 1.54) is 6.07 Å². The van der Waals surface area contributed by atoms with E-state index < -0.39 is 11.3 Å². The number of fused-ring (bicyclic) bond motifs is 3. The van der Waals surface area contributed by atoms with Gasteiger partial charge in [0.1, 0.15) is 11.2 Å². The van der Waals surface area contributed by atoms with Crippen LogP contribution in [-0.4, -0.2) is 15.7 Å². The van der Waals surface area contributed by atoms with Gasteiger partial charge in [-0.25, -0.2) is 4.68 Å². The zero-order valence-corrected chi connectivity index (χ0v) is 17.2. The first kappa shape index (κ1) is 19.1. The molecule has 0 unspecified atom stereocenters. The van der Waals surface area contributed by atoms with Crippen LogP contribution < -0.4 is 10.7 Å². The molecule has 2 heterocycles. The normalized spacial score (nSPS) is 11.2. The maximum absolute atomic E-state index is 12.9. The van der Waals surface area contributed by atoms with Crippen molar-refractivity contribution in [2.45, 2.75) is 6.92 Å². The van der Waals surface area contributed by atoms with Gasteiger partial charge in [-0.1, -0.05) is 29.8 Å². The van der Waals surface area contributed by atoms with Gasteiger partial charge in [0.15, 0.2) is 5.69 Å². The van der Waals surface area contributed by atoms with E-state index in [0.29, 0.717) is 22.1 Å². The second-order valence-electron chi connectivity index (χ2n) is 7.15. The van der Waals surface area contributed by atoms with Crippen LogP contribution >= 0.6 is 11.6 Å². The number of anilines is 1. The molecule has 0 spiro atoms. The topological polar surface area (TPSA) is 77.1 Å². The summed E-state index contributed by atoms with van der Waals surface area (Å²) in [6.45, 7) is 1.75. The largest absolute Gasteiger partial charge is 0.456 e. The summed E-state index contributed by atoms with van der Waals surface area (Å²) in [4.78, 5) is 25.4. The molecular formula is C24H16ClN3O3. The number of benzene rings is 3. The molecule has 0 fully saturated rings. The van der Waals surface area contributed by atoms with Gasteiger partial charge in [0.05, 0.1) is 5.69 Å². The Labute approximate surface area is 181 Å². The van der Waals surface area contributed by atoms with Gasteiger partial charge in [-0.05, 0) is 55.5 Å². The summed E-state index contributed by atoms with van der Waals surface area (Å²) >= 11 is 5.96. The summed E-state index contributed by atoms with van der Waals surface area (Å²) in [7, 11) is 0. The van der Waals surface area contributed by atoms with Crippen LogP contribution in [0.2, 0.25) is 5.02 Å². The summed E-state index contributed by atoms with van der Waals surface area (Å²) in [6, 6.07) is 21.4. The lowest BCUT2D eigenvalue weighted by molar-refractivity contribution is 0.101. The van der Waals surface area contributed by atoms with Crippen molar-refractivity contribution < 1.29 is 9.21 Å². The number of nitrogens with one attached hydrogen (secondary N) is 1. The van der Waals surface area contributed by atoms with E-state index in [4.69, 9.17) is 16.0 Å². The van der Waals surface area contributed by atoms with Crippen LogP contribution in [0.5, 0.6) is 0 Å². The highest BCUT2D eigenvalue weighted by Gasteiger charge is 2.16. The third-order valence-corrected chi connectivity index (χ3v) is 5.28. The van der Waals surface area contributed by atoms with Gasteiger partial charge in [-0.15, -0.1) is 0 Å². The number of halogens is 1. The average Bonchev–Trinajstić information content (AvgIpc) is 3.13. The van der Waals surface area contributed by atoms with Crippen LogP contribution in [0.15, 0.2) is 82.0 Å². The van der Waals surface area contributed by atoms with Crippen molar-refractivity contribution in [2.75, 3.05) is 5.32 Å². The lowest BCUT2D eigenvalue weighted by atomic mass is 10.1. The van der Waals surface area contributed by atoms with E-state index in [0.717, 1.165) is 21.9 Å². The minimum atomic E-state index is -0.583. The van der Waals surface area contributed by atoms with Gasteiger partial charge in [-0.2, -0.15) is 5.10 Å². The van der Waals surface area contributed by atoms with Crippen LogP contribution in [0.4, 0.5) is 5.69 Å². The lowest BCUT2D eigenvalue weighted by Gasteiger charge is -2.11. The Morgan fingerprint density at radius 3 is 2.52 bits per heavy atom. The van der Waals surface area contributed by atoms with Gasteiger partial charge in [0.25, 0.3) is 5.91 Å². The molecule has 2 aromatic heterocycles. The molecule has 0 saturated heterocycles. The summed E-state index contributed by atoms with van der Waals surface area (Å²) < 4.78 is 7.36. The number of hydrogen-bond acceptors (Lipinski definition) is 4. The maximum Gasteiger partial charge on any atom is 0.280 e. The Morgan fingerprint density at radius 2 is 1.71 bits per heavy atom. The highest BCUT2D eigenvalue weighted by Crippen LogP contribution is 2.30. The van der Waals surface area contributed by atoms with Crippen molar-refractivity contribution in [2.24, 2.45) is 0 Å². The van der Waals surface area contributed by atoms with Crippen molar-refractivity contribution in [1.29, 1.82) is 0 Å². The number of carbonyl (C=O) groups excluding carboxylic acids is 1. The van der Waals surface area contributed by atoms with Crippen molar-refractivity contribution in [3.63, 3.8) is 0 Å². The zero-order chi connectivity index (χ0) is 21.5. The molecule has 0 atom stereocenters. The standard InChI is InChI=1S/C24H16ClN3O3/c1-14-12-20(29)23(27-28(14)17-9-6-15(25)7-10-17)24(30)26-16-8-11-22-19(13-16)18-4-2-3-5-21(18)31-22/h2-13H,1H3,(H,26,30). The smallest absolute Gasteiger partial charge is 0.280 e. The number of carbonyl (C=O) groups is 1. The van der Waals surface area contributed by atoms with Gasteiger partial charge in [-0.3, -0.25) is 9.59 Å². The third kappa shape index (κ3) is 3.47. The molecule has 0 saturated carbocycles. The number of aromatic nitrogens is 2. The molecule has 3 aromatic carbocycles. The van der Waals surface area contributed by atoms with E-state index in [9.17, 15) is 9.59 Å². The predicted octanol–water partition coefficient (Wildman–Crippen LogP) is 5.35. The molecule has 0 aliphatic heterocycles. The van der Waals surface area contributed by atoms with Crippen LogP contribution in [-0.2, 0) is 0 Å². The Kier molecular flexibility index (Phi) is 4.56. The summed E-state index contributed by atoms with van der Waals surface area (Å²) in [5.74, 6) is -0.583. The summed E-state index contributed by atoms with van der Waals surface area (Å²) in [6.07, 6.45) is 0. The van der Waals surface area contributed by atoms with Crippen molar-refractivity contribution in [3.05, 3.63) is 99.4 Å². The Morgan fingerprint density at radius 1 is 0.968 bits per heavy atom. The van der Waals surface area contributed by atoms with E-state index >= 15 is 0 Å². The van der Waals surface area contributed by atoms with Gasteiger partial charge in [0, 0.05) is 33.2 Å². The Hall–Kier alpha value is -3.90. The van der Waals surface area contributed by atoms with Crippen molar-refractivity contribution >= 4 is 45.1 Å². The molecule has 0 radical (unpaired) electrons. The summed E-state index contributed by atoms with van der Waals surface area (Å²) in [5.41, 5.74) is 2.69. The number of furan rings is 1. The quantitative estimate of drug-likeness (QED) is 0.419. The molecule has 152 valence electrons. The molecule has 1 amide bonds. The molecule has 0 bridgehead atoms. The molecule has 5 aromatic rings. The number of aryl methyl sites for hydroxylation is 1. The van der Waals surface area contributed by atoms with Crippen LogP contribution in [0.1, 0.15) is 16.2 Å². The number of para-hydroxylation sites is 1. The number of rotatable bonds is 3. The Balaban J connectivity index is 1.51. The minimum absolute atomic E-state index is 0.197. The first-order valence-electron chi connectivity index (χ1n) is 9.59. The predicted molar refractivity (Wildman–Crippen MR) is 121 cm³/mol. The molecule has 0 aliphatic rings. The first-order valence-corrected chi connectivity index (χ1v) is 9.97. The SMILES string of the molecule is Cc1cc(=O)c(C(=O)Nc2ccc3oc4ccccc4c3c2)nn1-c1ccc(Cl)cc1. The van der Waals surface area contributed by atoms with Gasteiger partial charge in [0.2, 0.25) is 5.43 Å². The van der Waals surface area contributed by atoms with Crippen molar-refractivity contribution in [3.8, 4) is 5.69 Å². The monoisotopic (exact) mass is 429 g/mol. The number of amides is 1. The average molecular weight is 430 g/mol. The zero-order valence-electron chi connectivity index (χ0n) is 16.4. The van der Waals surface area contributed by atoms with E-state index in [2.05, 4.69) is 10.4 Å². The van der Waals surface area contributed by atoms with Crippen LogP contribution in [0.25, 0.3) is 27.6 Å². The Bertz CT molecular complexity index is 1520. The van der Waals surface area contributed by atoms with E-state index in [1.54, 1.807) is 48.0 Å². The molecule has 7 heteroatoms. The van der Waals surface area contributed by atoms with Gasteiger partial charge < -0.3 is 9.73 Å². The number of nitrogens with zero attached hydrogens (tertiary/aromatic N) is 2. The molecule has 1 N–H and O–H groups in total. The molecule has 6 nitrogen and oxygen atoms in total.